The molecular weight excluding hydrogens is 294 g/mol. The summed E-state index contributed by atoms with van der Waals surface area (Å²) in [6.45, 7) is 13.5. The largest absolute Gasteiger partial charge is 0.390 e. The molecular formula is C22H35NO. The molecule has 1 N–H and O–H groups in total. The molecule has 1 aliphatic carbocycles. The molecule has 134 valence electrons. The smallest absolute Gasteiger partial charge is 0.0671 e. The molecule has 1 aromatic carbocycles. The first-order chi connectivity index (χ1) is 11.1. The molecule has 1 heterocycles. The van der Waals surface area contributed by atoms with E-state index in [0.29, 0.717) is 11.3 Å². The minimum atomic E-state index is -0.424. The molecule has 3 rings (SSSR count). The second kappa shape index (κ2) is 6.05. The normalized spacial score (nSPS) is 31.2. The second-order valence-corrected chi connectivity index (χ2v) is 9.73. The first-order valence-electron chi connectivity index (χ1n) is 9.72. The van der Waals surface area contributed by atoms with Crippen LogP contribution in [0.4, 0.5) is 5.69 Å². The highest BCUT2D eigenvalue weighted by molar-refractivity contribution is 5.50. The van der Waals surface area contributed by atoms with Crippen molar-refractivity contribution in [3.63, 3.8) is 0 Å². The highest BCUT2D eigenvalue weighted by Gasteiger charge is 2.46. The quantitative estimate of drug-likeness (QED) is 0.812. The Morgan fingerprint density at radius 2 is 1.54 bits per heavy atom. The minimum Gasteiger partial charge on any atom is -0.390 e. The Kier molecular flexibility index (Phi) is 4.49. The molecule has 1 saturated heterocycles. The summed E-state index contributed by atoms with van der Waals surface area (Å²) in [5.41, 5.74) is 3.00. The van der Waals surface area contributed by atoms with Gasteiger partial charge in [-0.2, -0.15) is 0 Å². The predicted molar refractivity (Wildman–Crippen MR) is 103 cm³/mol. The van der Waals surface area contributed by atoms with Crippen molar-refractivity contribution in [2.45, 2.75) is 77.7 Å². The summed E-state index contributed by atoms with van der Waals surface area (Å²) in [5.74, 6) is 0.372. The van der Waals surface area contributed by atoms with Crippen LogP contribution in [-0.4, -0.2) is 23.8 Å². The summed E-state index contributed by atoms with van der Waals surface area (Å²) in [6, 6.07) is 9.18. The summed E-state index contributed by atoms with van der Waals surface area (Å²) in [6.07, 6.45) is 5.58. The Morgan fingerprint density at radius 3 is 2.04 bits per heavy atom. The van der Waals surface area contributed by atoms with Gasteiger partial charge in [0.1, 0.15) is 0 Å². The number of nitrogens with zero attached hydrogens (tertiary/aromatic N) is 1. The van der Waals surface area contributed by atoms with Gasteiger partial charge in [0.25, 0.3) is 0 Å². The maximum absolute atomic E-state index is 10.8. The zero-order chi connectivity index (χ0) is 17.6. The third-order valence-corrected chi connectivity index (χ3v) is 6.79. The fourth-order valence-electron chi connectivity index (χ4n) is 4.53. The highest BCUT2D eigenvalue weighted by Crippen LogP contribution is 2.49. The van der Waals surface area contributed by atoms with Crippen LogP contribution in [0.2, 0.25) is 0 Å². The van der Waals surface area contributed by atoms with Crippen molar-refractivity contribution in [2.24, 2.45) is 11.3 Å². The molecule has 2 heteroatoms. The van der Waals surface area contributed by atoms with E-state index in [0.717, 1.165) is 25.9 Å². The highest BCUT2D eigenvalue weighted by atomic mass is 16.3. The topological polar surface area (TPSA) is 23.5 Å². The molecule has 1 aromatic rings. The van der Waals surface area contributed by atoms with Crippen molar-refractivity contribution in [3.8, 4) is 0 Å². The molecule has 0 bridgehead atoms. The zero-order valence-corrected chi connectivity index (χ0v) is 16.2. The van der Waals surface area contributed by atoms with E-state index in [1.165, 1.54) is 30.5 Å². The summed E-state index contributed by atoms with van der Waals surface area (Å²) < 4.78 is 0. The lowest BCUT2D eigenvalue weighted by Gasteiger charge is -2.44. The first kappa shape index (κ1) is 17.8. The number of benzene rings is 1. The van der Waals surface area contributed by atoms with E-state index in [-0.39, 0.29) is 5.41 Å². The third-order valence-electron chi connectivity index (χ3n) is 6.79. The maximum Gasteiger partial charge on any atom is 0.0671 e. The van der Waals surface area contributed by atoms with Crippen LogP contribution in [0.3, 0.4) is 0 Å². The molecule has 1 aliphatic heterocycles. The molecule has 2 fully saturated rings. The number of anilines is 1. The van der Waals surface area contributed by atoms with Gasteiger partial charge in [0, 0.05) is 18.8 Å². The van der Waals surface area contributed by atoms with Gasteiger partial charge < -0.3 is 10.0 Å². The number of rotatable bonds is 2. The number of hydrogen-bond acceptors (Lipinski definition) is 2. The average Bonchev–Trinajstić information content (AvgIpc) is 2.94. The fourth-order valence-corrected chi connectivity index (χ4v) is 4.53. The molecule has 0 radical (unpaired) electrons. The van der Waals surface area contributed by atoms with E-state index >= 15 is 0 Å². The van der Waals surface area contributed by atoms with Gasteiger partial charge in [-0.3, -0.25) is 0 Å². The lowest BCUT2D eigenvalue weighted by atomic mass is 9.65. The van der Waals surface area contributed by atoms with Crippen molar-refractivity contribution >= 4 is 5.69 Å². The van der Waals surface area contributed by atoms with E-state index in [1.807, 2.05) is 0 Å². The molecule has 0 aromatic heterocycles. The standard InChI is InChI=1S/C22H35NO/c1-17(2)22(24)12-10-21(11-13-22)14-15-23(16-21)19-8-6-18(7-9-19)20(3,4)5/h6-9,17,24H,10-16H2,1-5H3. The molecule has 0 atom stereocenters. The van der Waals surface area contributed by atoms with Crippen LogP contribution in [-0.2, 0) is 5.41 Å². The minimum absolute atomic E-state index is 0.218. The van der Waals surface area contributed by atoms with Crippen molar-refractivity contribution in [1.82, 2.24) is 0 Å². The van der Waals surface area contributed by atoms with Gasteiger partial charge in [0.15, 0.2) is 0 Å². The van der Waals surface area contributed by atoms with Crippen LogP contribution in [0.5, 0.6) is 0 Å². The van der Waals surface area contributed by atoms with E-state index in [2.05, 4.69) is 63.8 Å². The van der Waals surface area contributed by atoms with Crippen LogP contribution in [0.25, 0.3) is 0 Å². The Labute approximate surface area is 148 Å². The molecule has 1 saturated carbocycles. The lowest BCUT2D eigenvalue weighted by Crippen LogP contribution is -2.43. The molecule has 1 spiro atoms. The monoisotopic (exact) mass is 329 g/mol. The summed E-state index contributed by atoms with van der Waals surface area (Å²) in [5, 5.41) is 10.8. The third kappa shape index (κ3) is 3.35. The van der Waals surface area contributed by atoms with Gasteiger partial charge in [0.2, 0.25) is 0 Å². The number of hydrogen-bond donors (Lipinski definition) is 1. The van der Waals surface area contributed by atoms with Gasteiger partial charge in [0.05, 0.1) is 5.60 Å². The summed E-state index contributed by atoms with van der Waals surface area (Å²) in [7, 11) is 0. The van der Waals surface area contributed by atoms with Gasteiger partial charge in [-0.05, 0) is 66.5 Å². The van der Waals surface area contributed by atoms with Crippen molar-refractivity contribution < 1.29 is 5.11 Å². The molecule has 2 nitrogen and oxygen atoms in total. The van der Waals surface area contributed by atoms with Crippen molar-refractivity contribution in [1.29, 1.82) is 0 Å². The Balaban J connectivity index is 1.66. The van der Waals surface area contributed by atoms with Crippen LogP contribution < -0.4 is 4.90 Å². The summed E-state index contributed by atoms with van der Waals surface area (Å²) in [4.78, 5) is 2.56. The number of aliphatic hydroxyl groups is 1. The molecule has 0 amide bonds. The van der Waals surface area contributed by atoms with Gasteiger partial charge in [-0.15, -0.1) is 0 Å². The van der Waals surface area contributed by atoms with E-state index in [9.17, 15) is 5.11 Å². The molecule has 24 heavy (non-hydrogen) atoms. The van der Waals surface area contributed by atoms with Crippen LogP contribution in [0, 0.1) is 11.3 Å². The van der Waals surface area contributed by atoms with Gasteiger partial charge in [-0.25, -0.2) is 0 Å². The zero-order valence-electron chi connectivity index (χ0n) is 16.2. The van der Waals surface area contributed by atoms with Crippen molar-refractivity contribution in [2.75, 3.05) is 18.0 Å². The first-order valence-corrected chi connectivity index (χ1v) is 9.72. The maximum atomic E-state index is 10.8. The predicted octanol–water partition coefficient (Wildman–Crippen LogP) is 5.14. The average molecular weight is 330 g/mol. The van der Waals surface area contributed by atoms with Crippen LogP contribution in [0.1, 0.15) is 72.3 Å². The Bertz CT molecular complexity index is 559. The van der Waals surface area contributed by atoms with Crippen LogP contribution >= 0.6 is 0 Å². The Hall–Kier alpha value is -1.02. The lowest BCUT2D eigenvalue weighted by molar-refractivity contribution is -0.0634. The van der Waals surface area contributed by atoms with Crippen molar-refractivity contribution in [3.05, 3.63) is 29.8 Å². The molecule has 0 unspecified atom stereocenters. The summed E-state index contributed by atoms with van der Waals surface area (Å²) >= 11 is 0. The Morgan fingerprint density at radius 1 is 0.958 bits per heavy atom. The van der Waals surface area contributed by atoms with E-state index in [1.54, 1.807) is 0 Å². The van der Waals surface area contributed by atoms with Gasteiger partial charge >= 0.3 is 0 Å². The fraction of sp³-hybridized carbons (Fsp3) is 0.727. The second-order valence-electron chi connectivity index (χ2n) is 9.73. The van der Waals surface area contributed by atoms with E-state index < -0.39 is 5.60 Å². The SMILES string of the molecule is CC(C)C1(O)CCC2(CCN(c3ccc(C(C)(C)C)cc3)C2)CC1. The van der Waals surface area contributed by atoms with Crippen LogP contribution in [0.15, 0.2) is 24.3 Å². The van der Waals surface area contributed by atoms with E-state index in [4.69, 9.17) is 0 Å². The van der Waals surface area contributed by atoms with Gasteiger partial charge in [-0.1, -0.05) is 46.8 Å². The molecule has 2 aliphatic rings.